The van der Waals surface area contributed by atoms with Gasteiger partial charge in [0, 0.05) is 19.3 Å². The predicted octanol–water partition coefficient (Wildman–Crippen LogP) is 24.2. The second-order valence-corrected chi connectivity index (χ2v) is 29.7. The number of unbranched alkanes of at least 4 members (excludes halogenated alkanes) is 27. The molecule has 0 amide bonds. The number of allylic oxidation sites excluding steroid dienone is 26. The van der Waals surface area contributed by atoms with E-state index in [0.717, 1.165) is 167 Å². The van der Waals surface area contributed by atoms with Crippen LogP contribution in [0.1, 0.15) is 316 Å². The van der Waals surface area contributed by atoms with Gasteiger partial charge in [0.15, 0.2) is 6.10 Å². The zero-order valence-electron chi connectivity index (χ0n) is 65.6. The standard InChI is InChI=1S/C87H146O16P2/c1-4-7-10-13-16-19-22-25-28-31-33-34-35-36-37-38-39-40-41-42-43-44-45-46-48-51-52-55-58-61-64-67-70-73-85(90)97-76-82(88)77-99-104(93,94)100-78-83(89)79-101-105(95,96)102-81-84(103-87(92)75-72-69-66-63-60-57-54-49-30-27-24-21-18-15-12-9-6-3)80-98-86(91)74-71-68-65-62-59-56-53-50-47-32-29-26-23-20-17-14-11-8-5-2/h7-12,16-21,25-30,33-34,36-37,47,50,54,57,82-84,88-89H,4-6,13-15,22-24,31-32,35,38-46,48-49,51-53,55-56,58-81H2,1-3H3,(H,93,94)(H,95,96)/b10-7-,11-8-,12-9-,19-16-,20-17-,21-18-,28-25-,29-26-,30-27-,34-33-,37-36-,50-47-,57-54-. The van der Waals surface area contributed by atoms with E-state index < -0.39 is 91.5 Å². The molecule has 18 heteroatoms. The van der Waals surface area contributed by atoms with Gasteiger partial charge in [-0.15, -0.1) is 0 Å². The molecule has 0 bridgehead atoms. The van der Waals surface area contributed by atoms with Crippen molar-refractivity contribution >= 4 is 33.6 Å². The van der Waals surface area contributed by atoms with E-state index in [-0.39, 0.29) is 19.3 Å². The molecule has 0 aromatic carbocycles. The fourth-order valence-electron chi connectivity index (χ4n) is 10.6. The monoisotopic (exact) mass is 1510 g/mol. The maximum absolute atomic E-state index is 13.0. The minimum atomic E-state index is -4.95. The summed E-state index contributed by atoms with van der Waals surface area (Å²) in [6.45, 7) is 2.30. The molecule has 16 nitrogen and oxygen atoms in total. The first-order valence-corrected chi connectivity index (χ1v) is 43.8. The van der Waals surface area contributed by atoms with Crippen LogP contribution in [-0.2, 0) is 55.8 Å². The number of hydrogen-bond acceptors (Lipinski definition) is 14. The minimum Gasteiger partial charge on any atom is -0.463 e. The van der Waals surface area contributed by atoms with Crippen LogP contribution in [0, 0.1) is 0 Å². The first-order valence-electron chi connectivity index (χ1n) is 40.8. The van der Waals surface area contributed by atoms with E-state index in [2.05, 4.69) is 179 Å². The third kappa shape index (κ3) is 80.0. The Bertz CT molecular complexity index is 2540. The molecule has 0 spiro atoms. The average Bonchev–Trinajstić information content (AvgIpc) is 0.911. The Labute approximate surface area is 638 Å². The van der Waals surface area contributed by atoms with E-state index >= 15 is 0 Å². The van der Waals surface area contributed by atoms with Crippen molar-refractivity contribution in [2.45, 2.75) is 334 Å². The van der Waals surface area contributed by atoms with Gasteiger partial charge in [-0.25, -0.2) is 9.13 Å². The maximum atomic E-state index is 13.0. The number of rotatable bonds is 76. The third-order valence-electron chi connectivity index (χ3n) is 16.7. The van der Waals surface area contributed by atoms with E-state index in [0.29, 0.717) is 19.3 Å². The van der Waals surface area contributed by atoms with Crippen molar-refractivity contribution < 1.29 is 75.8 Å². The Kier molecular flexibility index (Phi) is 75.1. The largest absolute Gasteiger partial charge is 0.472 e. The third-order valence-corrected chi connectivity index (χ3v) is 18.6. The molecule has 0 aliphatic carbocycles. The highest BCUT2D eigenvalue weighted by Gasteiger charge is 2.29. The maximum Gasteiger partial charge on any atom is 0.472 e. The molecule has 105 heavy (non-hydrogen) atoms. The Morgan fingerprint density at radius 1 is 0.267 bits per heavy atom. The second-order valence-electron chi connectivity index (χ2n) is 26.8. The highest BCUT2D eigenvalue weighted by atomic mass is 31.2. The summed E-state index contributed by atoms with van der Waals surface area (Å²) in [6.07, 6.45) is 98.7. The zero-order valence-corrected chi connectivity index (χ0v) is 67.4. The number of esters is 3. The first-order chi connectivity index (χ1) is 51.2. The molecular formula is C87H146O16P2. The SMILES string of the molecule is CC/C=C\C/C=C\C/C=C\C/C=C\C/C=C\CCCCCCCCCCCCCCCCCCCC(=O)OCC(O)COP(=O)(O)OCC(O)COP(=O)(O)OCC(COC(=O)CCCCCCCC/C=C\C/C=C\C/C=C\C/C=C\CC)OC(=O)CCCCCC/C=C\C/C=C\C/C=C\C/C=C\CC. The number of carbonyl (C=O) groups is 3. The molecular weight excluding hydrogens is 1360 g/mol. The van der Waals surface area contributed by atoms with E-state index in [9.17, 15) is 43.5 Å². The van der Waals surface area contributed by atoms with Gasteiger partial charge < -0.3 is 34.2 Å². The van der Waals surface area contributed by atoms with Gasteiger partial charge in [0.05, 0.1) is 26.4 Å². The lowest BCUT2D eigenvalue weighted by Crippen LogP contribution is -2.30. The van der Waals surface area contributed by atoms with Crippen LogP contribution in [0.15, 0.2) is 158 Å². The lowest BCUT2D eigenvalue weighted by atomic mass is 10.0. The molecule has 0 radical (unpaired) electrons. The second kappa shape index (κ2) is 78.7. The minimum absolute atomic E-state index is 0.0690. The number of phosphoric acid groups is 2. The van der Waals surface area contributed by atoms with Gasteiger partial charge in [-0.1, -0.05) is 314 Å². The van der Waals surface area contributed by atoms with E-state index in [4.69, 9.17) is 32.3 Å². The highest BCUT2D eigenvalue weighted by molar-refractivity contribution is 7.47. The van der Waals surface area contributed by atoms with Gasteiger partial charge in [-0.2, -0.15) is 0 Å². The van der Waals surface area contributed by atoms with Crippen LogP contribution in [0.4, 0.5) is 0 Å². The summed E-state index contributed by atoms with van der Waals surface area (Å²) in [5.41, 5.74) is 0. The summed E-state index contributed by atoms with van der Waals surface area (Å²) in [5, 5.41) is 20.7. The van der Waals surface area contributed by atoms with Crippen LogP contribution in [0.25, 0.3) is 0 Å². The van der Waals surface area contributed by atoms with Crippen molar-refractivity contribution in [1.29, 1.82) is 0 Å². The van der Waals surface area contributed by atoms with Crippen LogP contribution in [0.3, 0.4) is 0 Å². The molecule has 5 atom stereocenters. The Morgan fingerprint density at radius 3 is 0.752 bits per heavy atom. The normalized spacial score (nSPS) is 14.8. The summed E-state index contributed by atoms with van der Waals surface area (Å²) in [6, 6.07) is 0. The number of carbonyl (C=O) groups excluding carboxylic acids is 3. The van der Waals surface area contributed by atoms with Crippen molar-refractivity contribution in [3.05, 3.63) is 158 Å². The fourth-order valence-corrected chi connectivity index (χ4v) is 12.2. The topological polar surface area (TPSA) is 231 Å². The van der Waals surface area contributed by atoms with Crippen molar-refractivity contribution in [2.24, 2.45) is 0 Å². The lowest BCUT2D eigenvalue weighted by molar-refractivity contribution is -0.161. The molecule has 0 aliphatic rings. The lowest BCUT2D eigenvalue weighted by Gasteiger charge is -2.21. The Hall–Kier alpha value is -4.83. The molecule has 0 fully saturated rings. The number of aliphatic hydroxyl groups excluding tert-OH is 2. The summed E-state index contributed by atoms with van der Waals surface area (Å²) in [7, 11) is -9.81. The molecule has 5 unspecified atom stereocenters. The smallest absolute Gasteiger partial charge is 0.463 e. The van der Waals surface area contributed by atoms with Gasteiger partial charge in [0.25, 0.3) is 0 Å². The molecule has 4 N–H and O–H groups in total. The molecule has 0 aromatic heterocycles. The first kappa shape index (κ1) is 100. The van der Waals surface area contributed by atoms with Crippen LogP contribution in [-0.4, -0.2) is 95.9 Å². The van der Waals surface area contributed by atoms with E-state index in [1.165, 1.54) is 89.9 Å². The number of aliphatic hydroxyl groups is 2. The van der Waals surface area contributed by atoms with Gasteiger partial charge >= 0.3 is 33.6 Å². The van der Waals surface area contributed by atoms with Crippen molar-refractivity contribution in [3.63, 3.8) is 0 Å². The van der Waals surface area contributed by atoms with Crippen LogP contribution in [0.2, 0.25) is 0 Å². The number of ether oxygens (including phenoxy) is 3. The van der Waals surface area contributed by atoms with Crippen LogP contribution in [0.5, 0.6) is 0 Å². The Morgan fingerprint density at radius 2 is 0.476 bits per heavy atom. The quantitative estimate of drug-likeness (QED) is 0.0146. The van der Waals surface area contributed by atoms with E-state index in [1.807, 2.05) is 0 Å². The zero-order chi connectivity index (χ0) is 76.6. The molecule has 0 saturated heterocycles. The van der Waals surface area contributed by atoms with E-state index in [1.54, 1.807) is 0 Å². The number of hydrogen-bond donors (Lipinski definition) is 4. The molecule has 600 valence electrons. The predicted molar refractivity (Wildman–Crippen MR) is 435 cm³/mol. The summed E-state index contributed by atoms with van der Waals surface area (Å²) < 4.78 is 61.2. The van der Waals surface area contributed by atoms with Crippen molar-refractivity contribution in [3.8, 4) is 0 Å². The van der Waals surface area contributed by atoms with Gasteiger partial charge in [-0.05, 0) is 141 Å². The molecule has 0 saturated carbocycles. The van der Waals surface area contributed by atoms with Gasteiger partial charge in [-0.3, -0.25) is 32.5 Å². The van der Waals surface area contributed by atoms with Gasteiger partial charge in [0.2, 0.25) is 0 Å². The van der Waals surface area contributed by atoms with Crippen LogP contribution < -0.4 is 0 Å². The molecule has 0 heterocycles. The average molecular weight is 1510 g/mol. The van der Waals surface area contributed by atoms with Crippen LogP contribution >= 0.6 is 15.6 Å². The molecule has 0 rings (SSSR count). The summed E-state index contributed by atoms with van der Waals surface area (Å²) in [5.74, 6) is -1.62. The number of phosphoric ester groups is 2. The highest BCUT2D eigenvalue weighted by Crippen LogP contribution is 2.45. The Balaban J connectivity index is 4.49. The molecule has 0 aliphatic heterocycles. The van der Waals surface area contributed by atoms with Crippen molar-refractivity contribution in [2.75, 3.05) is 39.6 Å². The molecule has 0 aromatic rings. The van der Waals surface area contributed by atoms with Gasteiger partial charge in [0.1, 0.15) is 25.4 Å². The fraction of sp³-hybridized carbons (Fsp3) is 0.667. The summed E-state index contributed by atoms with van der Waals surface area (Å²) >= 11 is 0. The van der Waals surface area contributed by atoms with Crippen molar-refractivity contribution in [1.82, 2.24) is 0 Å². The summed E-state index contributed by atoms with van der Waals surface area (Å²) in [4.78, 5) is 58.7.